The fraction of sp³-hybridized carbons (Fsp3) is 0.250. The highest BCUT2D eigenvalue weighted by molar-refractivity contribution is 8.02. The van der Waals surface area contributed by atoms with Crippen LogP contribution in [0.5, 0.6) is 0 Å². The van der Waals surface area contributed by atoms with Crippen LogP contribution in [0.1, 0.15) is 0 Å². The second kappa shape index (κ2) is 5.00. The van der Waals surface area contributed by atoms with Gasteiger partial charge in [0, 0.05) is 5.57 Å². The van der Waals surface area contributed by atoms with Gasteiger partial charge in [0.1, 0.15) is 4.08 Å². The molecule has 1 atom stereocenters. The van der Waals surface area contributed by atoms with Crippen molar-refractivity contribution in [2.45, 2.75) is 9.33 Å². The standard InChI is InChI=1S/C8H10O4S3/c1-3(6(9)10)5(13)8(14,15)4(2)7(11)12/h5,13-15H,1-2H2,(H,9,10)(H,11,12). The number of hydrogen-bond donors (Lipinski definition) is 5. The fourth-order valence-electron chi connectivity index (χ4n) is 0.682. The highest BCUT2D eigenvalue weighted by atomic mass is 32.2. The number of carbonyl (C=O) groups is 2. The van der Waals surface area contributed by atoms with Crippen molar-refractivity contribution in [3.63, 3.8) is 0 Å². The zero-order valence-corrected chi connectivity index (χ0v) is 10.2. The third-order valence-corrected chi connectivity index (χ3v) is 3.85. The van der Waals surface area contributed by atoms with Gasteiger partial charge in [-0.25, -0.2) is 9.59 Å². The molecule has 0 aliphatic rings. The van der Waals surface area contributed by atoms with Crippen molar-refractivity contribution in [3.05, 3.63) is 24.3 Å². The third-order valence-electron chi connectivity index (χ3n) is 1.69. The monoisotopic (exact) mass is 266 g/mol. The first-order chi connectivity index (χ1) is 6.62. The maximum absolute atomic E-state index is 10.6. The molecule has 0 heterocycles. The van der Waals surface area contributed by atoms with Crippen LogP contribution in [0.25, 0.3) is 0 Å². The molecule has 15 heavy (non-hydrogen) atoms. The molecule has 0 aromatic carbocycles. The molecule has 4 nitrogen and oxygen atoms in total. The summed E-state index contributed by atoms with van der Waals surface area (Å²) in [6, 6.07) is 0. The van der Waals surface area contributed by atoms with E-state index >= 15 is 0 Å². The van der Waals surface area contributed by atoms with Gasteiger partial charge in [0.2, 0.25) is 0 Å². The number of thiol groups is 3. The number of carboxylic acid groups (broad SMARTS) is 2. The maximum Gasteiger partial charge on any atom is 0.333 e. The van der Waals surface area contributed by atoms with Crippen LogP contribution in [-0.4, -0.2) is 31.5 Å². The molecular weight excluding hydrogens is 256 g/mol. The number of hydrogen-bond acceptors (Lipinski definition) is 5. The Morgan fingerprint density at radius 1 is 1.13 bits per heavy atom. The SMILES string of the molecule is C=C(C(=O)O)C(S)C(S)(S)C(=C)C(=O)O. The zero-order chi connectivity index (χ0) is 12.4. The summed E-state index contributed by atoms with van der Waals surface area (Å²) in [7, 11) is 0. The first-order valence-electron chi connectivity index (χ1n) is 3.60. The highest BCUT2D eigenvalue weighted by Gasteiger charge is 2.39. The van der Waals surface area contributed by atoms with Gasteiger partial charge in [-0.1, -0.05) is 13.2 Å². The van der Waals surface area contributed by atoms with Crippen LogP contribution in [0.15, 0.2) is 24.3 Å². The summed E-state index contributed by atoms with van der Waals surface area (Å²) in [6.45, 7) is 6.51. The topological polar surface area (TPSA) is 74.6 Å². The van der Waals surface area contributed by atoms with Crippen molar-refractivity contribution >= 4 is 49.8 Å². The molecule has 0 radical (unpaired) electrons. The lowest BCUT2D eigenvalue weighted by molar-refractivity contribution is -0.134. The molecule has 0 aliphatic heterocycles. The van der Waals surface area contributed by atoms with Gasteiger partial charge in [0.25, 0.3) is 0 Å². The Morgan fingerprint density at radius 2 is 1.53 bits per heavy atom. The lowest BCUT2D eigenvalue weighted by Gasteiger charge is -2.28. The van der Waals surface area contributed by atoms with E-state index in [9.17, 15) is 9.59 Å². The van der Waals surface area contributed by atoms with Gasteiger partial charge < -0.3 is 10.2 Å². The first-order valence-corrected chi connectivity index (χ1v) is 5.01. The predicted molar refractivity (Wildman–Crippen MR) is 67.0 cm³/mol. The minimum absolute atomic E-state index is 0.300. The molecule has 0 fully saturated rings. The van der Waals surface area contributed by atoms with E-state index in [-0.39, 0.29) is 11.1 Å². The molecule has 0 saturated carbocycles. The normalized spacial score (nSPS) is 13.0. The molecule has 0 aromatic heterocycles. The lowest BCUT2D eigenvalue weighted by atomic mass is 10.1. The highest BCUT2D eigenvalue weighted by Crippen LogP contribution is 2.38. The molecule has 0 bridgehead atoms. The zero-order valence-electron chi connectivity index (χ0n) is 7.54. The van der Waals surface area contributed by atoms with Gasteiger partial charge in [-0.3, -0.25) is 0 Å². The van der Waals surface area contributed by atoms with E-state index in [2.05, 4.69) is 51.0 Å². The molecule has 2 N–H and O–H groups in total. The van der Waals surface area contributed by atoms with E-state index in [0.29, 0.717) is 0 Å². The Bertz CT molecular complexity index is 335. The van der Waals surface area contributed by atoms with Crippen LogP contribution >= 0.6 is 37.9 Å². The van der Waals surface area contributed by atoms with Gasteiger partial charge in [0.05, 0.1) is 10.8 Å². The Balaban J connectivity index is 5.04. The van der Waals surface area contributed by atoms with Gasteiger partial charge in [-0.05, 0) is 0 Å². The quantitative estimate of drug-likeness (QED) is 0.294. The van der Waals surface area contributed by atoms with Gasteiger partial charge in [0.15, 0.2) is 0 Å². The number of aliphatic carboxylic acids is 2. The van der Waals surface area contributed by atoms with E-state index in [1.54, 1.807) is 0 Å². The maximum atomic E-state index is 10.6. The fourth-order valence-corrected chi connectivity index (χ4v) is 1.45. The van der Waals surface area contributed by atoms with Crippen molar-refractivity contribution in [1.82, 2.24) is 0 Å². The van der Waals surface area contributed by atoms with Gasteiger partial charge in [-0.15, -0.1) is 0 Å². The smallest absolute Gasteiger partial charge is 0.333 e. The molecule has 0 saturated heterocycles. The lowest BCUT2D eigenvalue weighted by Crippen LogP contribution is -2.35. The van der Waals surface area contributed by atoms with Gasteiger partial charge >= 0.3 is 11.9 Å². The second-order valence-corrected chi connectivity index (χ2v) is 5.02. The molecule has 84 valence electrons. The average Bonchev–Trinajstić information content (AvgIpc) is 2.13. The summed E-state index contributed by atoms with van der Waals surface area (Å²) in [4.78, 5) is 21.2. The first kappa shape index (κ1) is 14.5. The Labute approximate surface area is 103 Å². The Morgan fingerprint density at radius 3 is 1.80 bits per heavy atom. The van der Waals surface area contributed by atoms with Crippen LogP contribution in [0.3, 0.4) is 0 Å². The number of carboxylic acids is 2. The molecule has 0 rings (SSSR count). The summed E-state index contributed by atoms with van der Waals surface area (Å²) < 4.78 is -1.58. The van der Waals surface area contributed by atoms with E-state index in [1.807, 2.05) is 0 Å². The van der Waals surface area contributed by atoms with Crippen LogP contribution in [0.4, 0.5) is 0 Å². The number of rotatable bonds is 5. The van der Waals surface area contributed by atoms with Crippen molar-refractivity contribution < 1.29 is 19.8 Å². The van der Waals surface area contributed by atoms with E-state index in [4.69, 9.17) is 10.2 Å². The Hall–Kier alpha value is -0.530. The van der Waals surface area contributed by atoms with Gasteiger partial charge in [-0.2, -0.15) is 37.9 Å². The van der Waals surface area contributed by atoms with E-state index in [0.717, 1.165) is 0 Å². The molecule has 0 aromatic rings. The van der Waals surface area contributed by atoms with Crippen LogP contribution in [0, 0.1) is 0 Å². The molecular formula is C8H10O4S3. The molecule has 0 spiro atoms. The van der Waals surface area contributed by atoms with E-state index in [1.165, 1.54) is 0 Å². The predicted octanol–water partition coefficient (Wildman–Crippen LogP) is 1.12. The molecule has 1 unspecified atom stereocenters. The molecule has 0 aliphatic carbocycles. The molecule has 0 amide bonds. The van der Waals surface area contributed by atoms with Crippen LogP contribution in [-0.2, 0) is 9.59 Å². The summed E-state index contributed by atoms with van der Waals surface area (Å²) >= 11 is 11.8. The van der Waals surface area contributed by atoms with Crippen LogP contribution in [0.2, 0.25) is 0 Å². The van der Waals surface area contributed by atoms with Crippen molar-refractivity contribution in [2.75, 3.05) is 0 Å². The average molecular weight is 266 g/mol. The Kier molecular flexibility index (Phi) is 4.82. The van der Waals surface area contributed by atoms with Crippen molar-refractivity contribution in [2.24, 2.45) is 0 Å². The van der Waals surface area contributed by atoms with Crippen molar-refractivity contribution in [3.8, 4) is 0 Å². The second-order valence-electron chi connectivity index (χ2n) is 2.74. The summed E-state index contributed by atoms with van der Waals surface area (Å²) in [5.74, 6) is -2.61. The summed E-state index contributed by atoms with van der Waals surface area (Å²) in [5, 5.41) is 16.3. The third kappa shape index (κ3) is 3.22. The van der Waals surface area contributed by atoms with Crippen molar-refractivity contribution in [1.29, 1.82) is 0 Å². The molecule has 7 heteroatoms. The minimum Gasteiger partial charge on any atom is -0.478 e. The minimum atomic E-state index is -1.58. The van der Waals surface area contributed by atoms with E-state index < -0.39 is 21.3 Å². The summed E-state index contributed by atoms with van der Waals surface area (Å²) in [6.07, 6.45) is 0. The van der Waals surface area contributed by atoms with Crippen LogP contribution < -0.4 is 0 Å². The largest absolute Gasteiger partial charge is 0.478 e. The summed E-state index contributed by atoms with van der Waals surface area (Å²) in [5.41, 5.74) is -0.665.